The van der Waals surface area contributed by atoms with Crippen molar-refractivity contribution in [3.8, 4) is 5.75 Å². The molecule has 0 aliphatic heterocycles. The number of benzene rings is 1. The van der Waals surface area contributed by atoms with Gasteiger partial charge in [-0.05, 0) is 36.6 Å². The topological polar surface area (TPSA) is 54.1 Å². The molecule has 1 aromatic carbocycles. The molecule has 1 heterocycles. The first-order chi connectivity index (χ1) is 9.16. The maximum Gasteiger partial charge on any atom is 0.258 e. The van der Waals surface area contributed by atoms with E-state index >= 15 is 0 Å². The van der Waals surface area contributed by atoms with Crippen molar-refractivity contribution in [2.45, 2.75) is 20.4 Å². The standard InChI is InChI=1S/C15H18N2O2/c1-11-4-3-5-12(2)15(11)19-10-14(18)17-9-13-6-7-16-8-13/h3-8,16H,9-10H2,1-2H3,(H,17,18). The lowest BCUT2D eigenvalue weighted by atomic mass is 10.1. The molecule has 0 aliphatic rings. The van der Waals surface area contributed by atoms with Crippen molar-refractivity contribution < 1.29 is 9.53 Å². The summed E-state index contributed by atoms with van der Waals surface area (Å²) in [4.78, 5) is 14.6. The van der Waals surface area contributed by atoms with Crippen LogP contribution in [0, 0.1) is 13.8 Å². The Hall–Kier alpha value is -2.23. The second-order valence-corrected chi connectivity index (χ2v) is 4.51. The van der Waals surface area contributed by atoms with Gasteiger partial charge >= 0.3 is 0 Å². The van der Waals surface area contributed by atoms with Gasteiger partial charge in [-0.1, -0.05) is 18.2 Å². The number of ether oxygens (including phenoxy) is 1. The third kappa shape index (κ3) is 3.61. The van der Waals surface area contributed by atoms with Crippen LogP contribution in [0.4, 0.5) is 0 Å². The van der Waals surface area contributed by atoms with Crippen LogP contribution in [-0.2, 0) is 11.3 Å². The summed E-state index contributed by atoms with van der Waals surface area (Å²) < 4.78 is 5.58. The van der Waals surface area contributed by atoms with Gasteiger partial charge in [0.15, 0.2) is 6.61 Å². The maximum atomic E-state index is 11.7. The Kier molecular flexibility index (Phi) is 4.23. The van der Waals surface area contributed by atoms with Crippen LogP contribution in [0.25, 0.3) is 0 Å². The van der Waals surface area contributed by atoms with E-state index in [0.717, 1.165) is 22.4 Å². The van der Waals surface area contributed by atoms with Crippen LogP contribution in [0.3, 0.4) is 0 Å². The third-order valence-corrected chi connectivity index (χ3v) is 2.91. The third-order valence-electron chi connectivity index (χ3n) is 2.91. The number of para-hydroxylation sites is 1. The lowest BCUT2D eigenvalue weighted by Gasteiger charge is -2.11. The highest BCUT2D eigenvalue weighted by Gasteiger charge is 2.07. The first-order valence-corrected chi connectivity index (χ1v) is 6.24. The predicted molar refractivity (Wildman–Crippen MR) is 74.1 cm³/mol. The molecule has 1 aromatic heterocycles. The minimum absolute atomic E-state index is 0.0378. The van der Waals surface area contributed by atoms with Gasteiger partial charge in [-0.3, -0.25) is 4.79 Å². The van der Waals surface area contributed by atoms with Crippen LogP contribution in [0.15, 0.2) is 36.7 Å². The smallest absolute Gasteiger partial charge is 0.258 e. The molecule has 0 spiro atoms. The molecular formula is C15H18N2O2. The number of H-pyrrole nitrogens is 1. The number of amides is 1. The predicted octanol–water partition coefficient (Wildman–Crippen LogP) is 2.33. The number of carbonyl (C=O) groups is 1. The number of rotatable bonds is 5. The van der Waals surface area contributed by atoms with Crippen LogP contribution in [0.5, 0.6) is 5.75 Å². The molecule has 19 heavy (non-hydrogen) atoms. The Labute approximate surface area is 112 Å². The molecule has 4 nitrogen and oxygen atoms in total. The molecule has 0 saturated carbocycles. The van der Waals surface area contributed by atoms with E-state index in [0.29, 0.717) is 6.54 Å². The zero-order valence-corrected chi connectivity index (χ0v) is 11.2. The monoisotopic (exact) mass is 258 g/mol. The lowest BCUT2D eigenvalue weighted by Crippen LogP contribution is -2.28. The lowest BCUT2D eigenvalue weighted by molar-refractivity contribution is -0.123. The Morgan fingerprint density at radius 2 is 2.00 bits per heavy atom. The summed E-state index contributed by atoms with van der Waals surface area (Å²) in [5.41, 5.74) is 3.12. The van der Waals surface area contributed by atoms with Gasteiger partial charge in [0, 0.05) is 18.9 Å². The maximum absolute atomic E-state index is 11.7. The van der Waals surface area contributed by atoms with Crippen molar-refractivity contribution in [3.63, 3.8) is 0 Å². The zero-order chi connectivity index (χ0) is 13.7. The fourth-order valence-corrected chi connectivity index (χ4v) is 1.88. The van der Waals surface area contributed by atoms with E-state index < -0.39 is 0 Å². The average Bonchev–Trinajstić information content (AvgIpc) is 2.89. The van der Waals surface area contributed by atoms with Crippen LogP contribution in [0.1, 0.15) is 16.7 Å². The fraction of sp³-hybridized carbons (Fsp3) is 0.267. The van der Waals surface area contributed by atoms with Crippen LogP contribution < -0.4 is 10.1 Å². The largest absolute Gasteiger partial charge is 0.483 e. The Balaban J connectivity index is 1.83. The number of aromatic nitrogens is 1. The first-order valence-electron chi connectivity index (χ1n) is 6.24. The van der Waals surface area contributed by atoms with Gasteiger partial charge in [0.25, 0.3) is 5.91 Å². The van der Waals surface area contributed by atoms with E-state index in [1.807, 2.05) is 50.5 Å². The number of hydrogen-bond acceptors (Lipinski definition) is 2. The van der Waals surface area contributed by atoms with E-state index in [-0.39, 0.29) is 12.5 Å². The minimum atomic E-state index is -0.121. The molecular weight excluding hydrogens is 240 g/mol. The molecule has 2 rings (SSSR count). The normalized spacial score (nSPS) is 10.2. The van der Waals surface area contributed by atoms with E-state index in [4.69, 9.17) is 4.74 Å². The summed E-state index contributed by atoms with van der Waals surface area (Å²) in [6.45, 7) is 4.49. The first kappa shape index (κ1) is 13.2. The van der Waals surface area contributed by atoms with E-state index in [9.17, 15) is 4.79 Å². The van der Waals surface area contributed by atoms with Gasteiger partial charge < -0.3 is 15.0 Å². The van der Waals surface area contributed by atoms with Crippen LogP contribution in [0.2, 0.25) is 0 Å². The van der Waals surface area contributed by atoms with Gasteiger partial charge in [-0.2, -0.15) is 0 Å². The molecule has 0 saturated heterocycles. The number of carbonyl (C=O) groups excluding carboxylic acids is 1. The second kappa shape index (κ2) is 6.09. The molecule has 0 bridgehead atoms. The number of hydrogen-bond donors (Lipinski definition) is 2. The molecule has 100 valence electrons. The van der Waals surface area contributed by atoms with Crippen LogP contribution >= 0.6 is 0 Å². The molecule has 2 N–H and O–H groups in total. The molecule has 4 heteroatoms. The fourth-order valence-electron chi connectivity index (χ4n) is 1.88. The van der Waals surface area contributed by atoms with Crippen molar-refractivity contribution in [1.29, 1.82) is 0 Å². The van der Waals surface area contributed by atoms with Crippen LogP contribution in [-0.4, -0.2) is 17.5 Å². The highest BCUT2D eigenvalue weighted by atomic mass is 16.5. The van der Waals surface area contributed by atoms with E-state index in [1.165, 1.54) is 0 Å². The van der Waals surface area contributed by atoms with Crippen molar-refractivity contribution in [1.82, 2.24) is 10.3 Å². The quantitative estimate of drug-likeness (QED) is 0.864. The zero-order valence-electron chi connectivity index (χ0n) is 11.2. The second-order valence-electron chi connectivity index (χ2n) is 4.51. The summed E-state index contributed by atoms with van der Waals surface area (Å²) >= 11 is 0. The summed E-state index contributed by atoms with van der Waals surface area (Å²) in [5, 5.41) is 2.81. The molecule has 0 fully saturated rings. The highest BCUT2D eigenvalue weighted by molar-refractivity contribution is 5.77. The number of nitrogens with one attached hydrogen (secondary N) is 2. The number of aryl methyl sites for hydroxylation is 2. The molecule has 2 aromatic rings. The Morgan fingerprint density at radius 3 is 2.63 bits per heavy atom. The molecule has 0 aliphatic carbocycles. The van der Waals surface area contributed by atoms with Gasteiger partial charge in [0.05, 0.1) is 0 Å². The van der Waals surface area contributed by atoms with Gasteiger partial charge in [0.2, 0.25) is 0 Å². The molecule has 0 radical (unpaired) electrons. The molecule has 0 atom stereocenters. The van der Waals surface area contributed by atoms with Crippen molar-refractivity contribution >= 4 is 5.91 Å². The average molecular weight is 258 g/mol. The summed E-state index contributed by atoms with van der Waals surface area (Å²) in [6.07, 6.45) is 3.68. The Bertz CT molecular complexity index is 527. The summed E-state index contributed by atoms with van der Waals surface area (Å²) in [5.74, 6) is 0.670. The van der Waals surface area contributed by atoms with Gasteiger partial charge in [-0.25, -0.2) is 0 Å². The van der Waals surface area contributed by atoms with Gasteiger partial charge in [-0.15, -0.1) is 0 Å². The summed E-state index contributed by atoms with van der Waals surface area (Å²) in [7, 11) is 0. The highest BCUT2D eigenvalue weighted by Crippen LogP contribution is 2.21. The van der Waals surface area contributed by atoms with Gasteiger partial charge in [0.1, 0.15) is 5.75 Å². The van der Waals surface area contributed by atoms with E-state index in [1.54, 1.807) is 0 Å². The summed E-state index contributed by atoms with van der Waals surface area (Å²) in [6, 6.07) is 7.84. The number of aromatic amines is 1. The SMILES string of the molecule is Cc1cccc(C)c1OCC(=O)NCc1cc[nH]c1. The van der Waals surface area contributed by atoms with E-state index in [2.05, 4.69) is 10.3 Å². The van der Waals surface area contributed by atoms with Crippen molar-refractivity contribution in [2.24, 2.45) is 0 Å². The van der Waals surface area contributed by atoms with Crippen molar-refractivity contribution in [3.05, 3.63) is 53.3 Å². The molecule has 1 amide bonds. The molecule has 0 unspecified atom stereocenters. The van der Waals surface area contributed by atoms with Crippen molar-refractivity contribution in [2.75, 3.05) is 6.61 Å². The minimum Gasteiger partial charge on any atom is -0.483 e. The Morgan fingerprint density at radius 1 is 1.26 bits per heavy atom.